The average molecular weight is 323 g/mol. The van der Waals surface area contributed by atoms with Gasteiger partial charge in [0, 0.05) is 38.3 Å². The summed E-state index contributed by atoms with van der Waals surface area (Å²) in [6.45, 7) is 5.10. The van der Waals surface area contributed by atoms with Crippen LogP contribution in [0.5, 0.6) is 5.75 Å². The Morgan fingerprint density at radius 3 is 2.96 bits per heavy atom. The number of ether oxygens (including phenoxy) is 2. The predicted molar refractivity (Wildman–Crippen MR) is 83.3 cm³/mol. The van der Waals surface area contributed by atoms with Crippen molar-refractivity contribution in [1.29, 1.82) is 0 Å². The summed E-state index contributed by atoms with van der Waals surface area (Å²) in [5.41, 5.74) is 0.700. The molecule has 1 N–H and O–H groups in total. The number of methoxy groups -OCH3 is 1. The first-order chi connectivity index (χ1) is 11.0. The summed E-state index contributed by atoms with van der Waals surface area (Å²) in [5.74, 6) is -0.518. The number of rotatable bonds is 6. The summed E-state index contributed by atoms with van der Waals surface area (Å²) in [4.78, 5) is 24.1. The van der Waals surface area contributed by atoms with Crippen molar-refractivity contribution in [2.45, 2.75) is 19.5 Å². The number of benzene rings is 1. The minimum absolute atomic E-state index is 0.0674. The van der Waals surface area contributed by atoms with E-state index in [0.29, 0.717) is 12.6 Å². The van der Waals surface area contributed by atoms with Crippen LogP contribution in [0.1, 0.15) is 12.5 Å². The zero-order valence-electron chi connectivity index (χ0n) is 13.3. The number of carbonyl (C=O) groups excluding carboxylic acids is 1. The molecular formula is C15H21N3O5. The normalized spacial score (nSPS) is 18.4. The Hall–Kier alpha value is -2.19. The molecule has 1 fully saturated rings. The molecule has 0 bridgehead atoms. The minimum atomic E-state index is -0.585. The van der Waals surface area contributed by atoms with Gasteiger partial charge in [-0.15, -0.1) is 0 Å². The molecule has 8 nitrogen and oxygen atoms in total. The maximum absolute atomic E-state index is 11.2. The lowest BCUT2D eigenvalue weighted by Crippen LogP contribution is -2.48. The second-order valence-electron chi connectivity index (χ2n) is 5.51. The lowest BCUT2D eigenvalue weighted by molar-refractivity contribution is -0.385. The molecular weight excluding hydrogens is 302 g/mol. The standard InChI is InChI=1S/C15H21N3O5/c1-11-8-17(6-5-16-11)9-12-3-4-14(13(7-12)18(20)21)23-10-15(19)22-2/h3-4,7,11,16H,5-6,8-10H2,1-2H3/t11-/m0/s1. The lowest BCUT2D eigenvalue weighted by atomic mass is 10.1. The van der Waals surface area contributed by atoms with Gasteiger partial charge in [0.15, 0.2) is 12.4 Å². The van der Waals surface area contributed by atoms with Gasteiger partial charge in [0.25, 0.3) is 0 Å². The fraction of sp³-hybridized carbons (Fsp3) is 0.533. The average Bonchev–Trinajstić information content (AvgIpc) is 2.53. The van der Waals surface area contributed by atoms with E-state index in [9.17, 15) is 14.9 Å². The molecule has 0 unspecified atom stereocenters. The van der Waals surface area contributed by atoms with Gasteiger partial charge in [-0.3, -0.25) is 15.0 Å². The quantitative estimate of drug-likeness (QED) is 0.473. The molecule has 0 radical (unpaired) electrons. The van der Waals surface area contributed by atoms with Gasteiger partial charge in [-0.2, -0.15) is 0 Å². The zero-order chi connectivity index (χ0) is 16.8. The Morgan fingerprint density at radius 1 is 1.52 bits per heavy atom. The fourth-order valence-corrected chi connectivity index (χ4v) is 2.54. The van der Waals surface area contributed by atoms with E-state index in [0.717, 1.165) is 25.2 Å². The summed E-state index contributed by atoms with van der Waals surface area (Å²) in [7, 11) is 1.23. The van der Waals surface area contributed by atoms with Crippen molar-refractivity contribution in [3.05, 3.63) is 33.9 Å². The summed E-state index contributed by atoms with van der Waals surface area (Å²) < 4.78 is 9.63. The topological polar surface area (TPSA) is 93.9 Å². The Bertz CT molecular complexity index is 578. The number of nitrogens with one attached hydrogen (secondary N) is 1. The molecule has 1 aromatic rings. The maximum Gasteiger partial charge on any atom is 0.343 e. The number of esters is 1. The molecule has 8 heteroatoms. The molecule has 1 aliphatic heterocycles. The highest BCUT2D eigenvalue weighted by Gasteiger charge is 2.20. The lowest BCUT2D eigenvalue weighted by Gasteiger charge is -2.31. The van der Waals surface area contributed by atoms with Crippen LogP contribution in [0.3, 0.4) is 0 Å². The van der Waals surface area contributed by atoms with Crippen LogP contribution in [-0.2, 0) is 16.1 Å². The first-order valence-corrected chi connectivity index (χ1v) is 7.42. The molecule has 1 aromatic carbocycles. The summed E-state index contributed by atoms with van der Waals surface area (Å²) in [5, 5.41) is 14.6. The first kappa shape index (κ1) is 17.2. The summed E-state index contributed by atoms with van der Waals surface area (Å²) >= 11 is 0. The third kappa shape index (κ3) is 4.90. The monoisotopic (exact) mass is 323 g/mol. The Labute approximate surface area is 134 Å². The van der Waals surface area contributed by atoms with E-state index in [4.69, 9.17) is 4.74 Å². The van der Waals surface area contributed by atoms with E-state index < -0.39 is 10.9 Å². The third-order valence-corrected chi connectivity index (χ3v) is 3.65. The van der Waals surface area contributed by atoms with Crippen molar-refractivity contribution >= 4 is 11.7 Å². The number of carbonyl (C=O) groups is 1. The van der Waals surface area contributed by atoms with Crippen LogP contribution < -0.4 is 10.1 Å². The molecule has 1 aliphatic rings. The second-order valence-corrected chi connectivity index (χ2v) is 5.51. The molecule has 2 rings (SSSR count). The molecule has 1 heterocycles. The highest BCUT2D eigenvalue weighted by molar-refractivity contribution is 5.71. The molecule has 23 heavy (non-hydrogen) atoms. The predicted octanol–water partition coefficient (Wildman–Crippen LogP) is 0.940. The Morgan fingerprint density at radius 2 is 2.30 bits per heavy atom. The summed E-state index contributed by atoms with van der Waals surface area (Å²) in [6, 6.07) is 5.22. The van der Waals surface area contributed by atoms with Crippen LogP contribution >= 0.6 is 0 Å². The van der Waals surface area contributed by atoms with Crippen molar-refractivity contribution in [3.63, 3.8) is 0 Å². The van der Waals surface area contributed by atoms with Gasteiger partial charge in [-0.1, -0.05) is 6.07 Å². The highest BCUT2D eigenvalue weighted by atomic mass is 16.6. The Balaban J connectivity index is 2.08. The molecule has 126 valence electrons. The van der Waals surface area contributed by atoms with Crippen molar-refractivity contribution in [2.75, 3.05) is 33.4 Å². The Kier molecular flexibility index (Phi) is 5.89. The van der Waals surface area contributed by atoms with Crippen LogP contribution in [0.15, 0.2) is 18.2 Å². The smallest absolute Gasteiger partial charge is 0.343 e. The van der Waals surface area contributed by atoms with E-state index in [-0.39, 0.29) is 18.0 Å². The van der Waals surface area contributed by atoms with Gasteiger partial charge < -0.3 is 14.8 Å². The van der Waals surface area contributed by atoms with Crippen molar-refractivity contribution in [3.8, 4) is 5.75 Å². The van der Waals surface area contributed by atoms with Gasteiger partial charge in [0.05, 0.1) is 12.0 Å². The molecule has 1 saturated heterocycles. The van der Waals surface area contributed by atoms with Crippen LogP contribution in [0, 0.1) is 10.1 Å². The zero-order valence-corrected chi connectivity index (χ0v) is 13.3. The van der Waals surface area contributed by atoms with Gasteiger partial charge in [0.1, 0.15) is 0 Å². The summed E-state index contributed by atoms with van der Waals surface area (Å²) in [6.07, 6.45) is 0. The number of nitro groups is 1. The van der Waals surface area contributed by atoms with Crippen LogP contribution in [-0.4, -0.2) is 55.2 Å². The minimum Gasteiger partial charge on any atom is -0.475 e. The van der Waals surface area contributed by atoms with Crippen molar-refractivity contribution in [2.24, 2.45) is 0 Å². The maximum atomic E-state index is 11.2. The number of hydrogen-bond donors (Lipinski definition) is 1. The van der Waals surface area contributed by atoms with E-state index in [1.807, 2.05) is 0 Å². The number of piperazine rings is 1. The van der Waals surface area contributed by atoms with Crippen LogP contribution in [0.2, 0.25) is 0 Å². The molecule has 0 aromatic heterocycles. The van der Waals surface area contributed by atoms with E-state index in [2.05, 4.69) is 21.9 Å². The third-order valence-electron chi connectivity index (χ3n) is 3.65. The number of nitrogens with zero attached hydrogens (tertiary/aromatic N) is 2. The van der Waals surface area contributed by atoms with Crippen LogP contribution in [0.4, 0.5) is 5.69 Å². The largest absolute Gasteiger partial charge is 0.475 e. The first-order valence-electron chi connectivity index (χ1n) is 7.42. The van der Waals surface area contributed by atoms with Gasteiger partial charge >= 0.3 is 11.7 Å². The second kappa shape index (κ2) is 7.89. The van der Waals surface area contributed by atoms with Crippen molar-refractivity contribution in [1.82, 2.24) is 10.2 Å². The SMILES string of the molecule is COC(=O)COc1ccc(CN2CCN[C@@H](C)C2)cc1[N+](=O)[O-]. The number of hydrogen-bond acceptors (Lipinski definition) is 7. The molecule has 0 spiro atoms. The van der Waals surface area contributed by atoms with E-state index >= 15 is 0 Å². The van der Waals surface area contributed by atoms with E-state index in [1.165, 1.54) is 19.2 Å². The highest BCUT2D eigenvalue weighted by Crippen LogP contribution is 2.28. The fourth-order valence-electron chi connectivity index (χ4n) is 2.54. The van der Waals surface area contributed by atoms with E-state index in [1.54, 1.807) is 6.07 Å². The van der Waals surface area contributed by atoms with Crippen molar-refractivity contribution < 1.29 is 19.2 Å². The van der Waals surface area contributed by atoms with Gasteiger partial charge in [-0.25, -0.2) is 4.79 Å². The molecule has 0 saturated carbocycles. The van der Waals surface area contributed by atoms with Gasteiger partial charge in [-0.05, 0) is 18.6 Å². The van der Waals surface area contributed by atoms with Gasteiger partial charge in [0.2, 0.25) is 0 Å². The van der Waals surface area contributed by atoms with Crippen LogP contribution in [0.25, 0.3) is 0 Å². The number of nitro benzene ring substituents is 1. The molecule has 1 atom stereocenters. The molecule has 0 aliphatic carbocycles. The molecule has 0 amide bonds.